The summed E-state index contributed by atoms with van der Waals surface area (Å²) >= 11 is 0. The third-order valence-corrected chi connectivity index (χ3v) is 4.11. The van der Waals surface area contributed by atoms with E-state index in [1.807, 2.05) is 32.0 Å². The van der Waals surface area contributed by atoms with Gasteiger partial charge in [0.2, 0.25) is 5.91 Å². The molecule has 4 heteroatoms. The Morgan fingerprint density at radius 2 is 1.65 bits per heavy atom. The molecule has 1 unspecified atom stereocenters. The van der Waals surface area contributed by atoms with Gasteiger partial charge in [0, 0.05) is 25.4 Å². The van der Waals surface area contributed by atoms with Crippen molar-refractivity contribution in [2.45, 2.75) is 32.2 Å². The van der Waals surface area contributed by atoms with E-state index in [1.54, 1.807) is 42.3 Å². The number of carbonyl (C=O) groups is 1. The van der Waals surface area contributed by atoms with E-state index in [2.05, 4.69) is 0 Å². The minimum atomic E-state index is -0.170. The van der Waals surface area contributed by atoms with Gasteiger partial charge in [-0.05, 0) is 49.2 Å². The van der Waals surface area contributed by atoms with Crippen molar-refractivity contribution in [2.75, 3.05) is 7.05 Å². The lowest BCUT2D eigenvalue weighted by atomic mass is 9.88. The zero-order valence-electron chi connectivity index (χ0n) is 13.7. The molecule has 0 aliphatic heterocycles. The van der Waals surface area contributed by atoms with E-state index in [4.69, 9.17) is 0 Å². The molecule has 4 nitrogen and oxygen atoms in total. The highest BCUT2D eigenvalue weighted by Gasteiger charge is 2.22. The minimum Gasteiger partial charge on any atom is -0.508 e. The van der Waals surface area contributed by atoms with E-state index in [0.717, 1.165) is 11.1 Å². The van der Waals surface area contributed by atoms with E-state index in [1.165, 1.54) is 0 Å². The first-order chi connectivity index (χ1) is 10.9. The maximum Gasteiger partial charge on any atom is 0.223 e. The van der Waals surface area contributed by atoms with E-state index < -0.39 is 0 Å². The molecular formula is C19H23NO3. The fourth-order valence-electron chi connectivity index (χ4n) is 2.48. The lowest BCUT2D eigenvalue weighted by molar-refractivity contribution is -0.131. The summed E-state index contributed by atoms with van der Waals surface area (Å²) in [5.41, 5.74) is 1.81. The highest BCUT2D eigenvalue weighted by molar-refractivity contribution is 5.77. The molecule has 0 bridgehead atoms. The summed E-state index contributed by atoms with van der Waals surface area (Å²) in [4.78, 5) is 14.2. The maximum atomic E-state index is 12.5. The predicted octanol–water partition coefficient (Wildman–Crippen LogP) is 3.49. The first-order valence-corrected chi connectivity index (χ1v) is 7.72. The van der Waals surface area contributed by atoms with Crippen molar-refractivity contribution in [2.24, 2.45) is 0 Å². The monoisotopic (exact) mass is 313 g/mol. The number of benzene rings is 2. The third kappa shape index (κ3) is 4.25. The Bertz CT molecular complexity index is 665. The number of hydrogen-bond donors (Lipinski definition) is 2. The van der Waals surface area contributed by atoms with E-state index in [0.29, 0.717) is 6.42 Å². The Morgan fingerprint density at radius 3 is 2.22 bits per heavy atom. The number of nitrogens with zero attached hydrogens (tertiary/aromatic N) is 1. The van der Waals surface area contributed by atoms with Crippen LogP contribution in [0.15, 0.2) is 48.5 Å². The second-order valence-corrected chi connectivity index (χ2v) is 6.04. The van der Waals surface area contributed by atoms with Gasteiger partial charge in [-0.1, -0.05) is 24.3 Å². The van der Waals surface area contributed by atoms with Gasteiger partial charge < -0.3 is 15.1 Å². The van der Waals surface area contributed by atoms with Crippen LogP contribution in [0.3, 0.4) is 0 Å². The molecule has 23 heavy (non-hydrogen) atoms. The van der Waals surface area contributed by atoms with Crippen LogP contribution >= 0.6 is 0 Å². The Kier molecular flexibility index (Phi) is 5.27. The van der Waals surface area contributed by atoms with Crippen LogP contribution in [0.25, 0.3) is 0 Å². The molecule has 0 aromatic heterocycles. The summed E-state index contributed by atoms with van der Waals surface area (Å²) < 4.78 is 0. The number of rotatable bonds is 5. The molecule has 0 saturated carbocycles. The molecule has 1 amide bonds. The highest BCUT2D eigenvalue weighted by Crippen LogP contribution is 2.31. The van der Waals surface area contributed by atoms with Crippen molar-refractivity contribution >= 4 is 5.91 Å². The van der Waals surface area contributed by atoms with Gasteiger partial charge in [-0.3, -0.25) is 4.79 Å². The van der Waals surface area contributed by atoms with Crippen LogP contribution in [0.2, 0.25) is 0 Å². The molecule has 0 heterocycles. The van der Waals surface area contributed by atoms with Gasteiger partial charge in [0.25, 0.3) is 0 Å². The summed E-state index contributed by atoms with van der Waals surface area (Å²) in [5, 5.41) is 19.2. The van der Waals surface area contributed by atoms with Crippen LogP contribution in [0.1, 0.15) is 37.3 Å². The molecule has 2 aromatic rings. The lowest BCUT2D eigenvalue weighted by Crippen LogP contribution is -2.34. The Balaban J connectivity index is 2.35. The van der Waals surface area contributed by atoms with Crippen LogP contribution in [-0.2, 0) is 4.79 Å². The average Bonchev–Trinajstić information content (AvgIpc) is 2.52. The van der Waals surface area contributed by atoms with Crippen molar-refractivity contribution in [3.05, 3.63) is 59.7 Å². The summed E-state index contributed by atoms with van der Waals surface area (Å²) in [6.45, 7) is 3.95. The predicted molar refractivity (Wildman–Crippen MR) is 90.6 cm³/mol. The zero-order valence-corrected chi connectivity index (χ0v) is 13.7. The van der Waals surface area contributed by atoms with Gasteiger partial charge >= 0.3 is 0 Å². The van der Waals surface area contributed by atoms with Crippen molar-refractivity contribution in [1.82, 2.24) is 4.90 Å². The number of amides is 1. The Labute approximate surface area is 137 Å². The Hall–Kier alpha value is -2.49. The largest absolute Gasteiger partial charge is 0.508 e. The van der Waals surface area contributed by atoms with Gasteiger partial charge in [0.1, 0.15) is 11.5 Å². The minimum absolute atomic E-state index is 0.0430. The SMILES string of the molecule is CC(C)N(C)C(=O)CC(c1ccc(O)cc1)c1cccc(O)c1. The first-order valence-electron chi connectivity index (χ1n) is 7.72. The zero-order chi connectivity index (χ0) is 17.0. The second kappa shape index (κ2) is 7.18. The summed E-state index contributed by atoms with van der Waals surface area (Å²) in [7, 11) is 1.79. The third-order valence-electron chi connectivity index (χ3n) is 4.11. The quantitative estimate of drug-likeness (QED) is 0.888. The number of carbonyl (C=O) groups excluding carboxylic acids is 1. The summed E-state index contributed by atoms with van der Waals surface area (Å²) in [5.74, 6) is 0.239. The number of phenolic OH excluding ortho intramolecular Hbond substituents is 2. The van der Waals surface area contributed by atoms with Crippen molar-refractivity contribution in [3.63, 3.8) is 0 Å². The van der Waals surface area contributed by atoms with Crippen molar-refractivity contribution < 1.29 is 15.0 Å². The van der Waals surface area contributed by atoms with Gasteiger partial charge in [0.05, 0.1) is 0 Å². The molecule has 0 spiro atoms. The molecular weight excluding hydrogens is 290 g/mol. The normalized spacial score (nSPS) is 12.2. The molecule has 0 saturated heterocycles. The average molecular weight is 313 g/mol. The van der Waals surface area contributed by atoms with Crippen LogP contribution in [-0.4, -0.2) is 34.1 Å². The molecule has 2 N–H and O–H groups in total. The number of aromatic hydroxyl groups is 2. The molecule has 0 aliphatic rings. The molecule has 122 valence electrons. The van der Waals surface area contributed by atoms with E-state index >= 15 is 0 Å². The smallest absolute Gasteiger partial charge is 0.223 e. The van der Waals surface area contributed by atoms with Crippen LogP contribution in [0.5, 0.6) is 11.5 Å². The molecule has 0 fully saturated rings. The van der Waals surface area contributed by atoms with Crippen molar-refractivity contribution in [3.8, 4) is 11.5 Å². The van der Waals surface area contributed by atoms with Gasteiger partial charge in [0.15, 0.2) is 0 Å². The second-order valence-electron chi connectivity index (χ2n) is 6.04. The lowest BCUT2D eigenvalue weighted by Gasteiger charge is -2.25. The number of hydrogen-bond acceptors (Lipinski definition) is 3. The van der Waals surface area contributed by atoms with Crippen LogP contribution in [0.4, 0.5) is 0 Å². The fraction of sp³-hybridized carbons (Fsp3) is 0.316. The standard InChI is InChI=1S/C19H23NO3/c1-13(2)20(3)19(23)12-18(14-7-9-16(21)10-8-14)15-5-4-6-17(22)11-15/h4-11,13,18,21-22H,12H2,1-3H3. The summed E-state index contributed by atoms with van der Waals surface area (Å²) in [6.07, 6.45) is 0.308. The van der Waals surface area contributed by atoms with Gasteiger partial charge in [-0.25, -0.2) is 0 Å². The maximum absolute atomic E-state index is 12.5. The molecule has 1 atom stereocenters. The van der Waals surface area contributed by atoms with Crippen LogP contribution < -0.4 is 0 Å². The number of phenols is 2. The fourth-order valence-corrected chi connectivity index (χ4v) is 2.48. The highest BCUT2D eigenvalue weighted by atomic mass is 16.3. The Morgan fingerprint density at radius 1 is 1.00 bits per heavy atom. The molecule has 2 rings (SSSR count). The van der Waals surface area contributed by atoms with E-state index in [-0.39, 0.29) is 29.4 Å². The van der Waals surface area contributed by atoms with Crippen LogP contribution in [0, 0.1) is 0 Å². The molecule has 2 aromatic carbocycles. The van der Waals surface area contributed by atoms with Crippen molar-refractivity contribution in [1.29, 1.82) is 0 Å². The van der Waals surface area contributed by atoms with Gasteiger partial charge in [-0.15, -0.1) is 0 Å². The van der Waals surface area contributed by atoms with Gasteiger partial charge in [-0.2, -0.15) is 0 Å². The molecule has 0 radical (unpaired) electrons. The topological polar surface area (TPSA) is 60.8 Å². The first kappa shape index (κ1) is 16.9. The van der Waals surface area contributed by atoms with E-state index in [9.17, 15) is 15.0 Å². The summed E-state index contributed by atoms with van der Waals surface area (Å²) in [6, 6.07) is 13.9. The molecule has 0 aliphatic carbocycles.